The maximum Gasteiger partial charge on any atom is 0.213 e. The molecule has 0 amide bonds. The molecule has 0 bridgehead atoms. The highest BCUT2D eigenvalue weighted by Gasteiger charge is 2.22. The molecule has 0 radical (unpaired) electrons. The molecule has 254 valence electrons. The van der Waals surface area contributed by atoms with Crippen LogP contribution < -0.4 is 4.90 Å². The molecule has 0 aliphatic rings. The fraction of sp³-hybridized carbons (Fsp3) is 0. The smallest absolute Gasteiger partial charge is 0.213 e. The van der Waals surface area contributed by atoms with Gasteiger partial charge in [0.1, 0.15) is 5.58 Å². The lowest BCUT2D eigenvalue weighted by Crippen LogP contribution is -2.11. The molecular weight excluding hydrogens is 677 g/mol. The molecule has 54 heavy (non-hydrogen) atoms. The van der Waals surface area contributed by atoms with Gasteiger partial charge in [0.05, 0.1) is 16.6 Å². The van der Waals surface area contributed by atoms with Gasteiger partial charge in [0, 0.05) is 53.6 Å². The predicted octanol–water partition coefficient (Wildman–Crippen LogP) is 14.7. The number of benzene rings is 8. The molecule has 0 unspecified atom stereocenters. The summed E-state index contributed by atoms with van der Waals surface area (Å²) in [7, 11) is 0. The number of aromatic nitrogens is 1. The Balaban J connectivity index is 1.12. The van der Waals surface area contributed by atoms with Crippen molar-refractivity contribution < 1.29 is 4.42 Å². The van der Waals surface area contributed by atoms with Gasteiger partial charge in [0.2, 0.25) is 5.71 Å². The van der Waals surface area contributed by atoms with Crippen LogP contribution in [-0.4, -0.2) is 4.57 Å². The largest absolute Gasteiger partial charge is 0.439 e. The average Bonchev–Trinajstić information content (AvgIpc) is 3.90. The van der Waals surface area contributed by atoms with E-state index in [-0.39, 0.29) is 0 Å². The number of hydrogen-bond donors (Lipinski definition) is 0. The topological polar surface area (TPSA) is 21.3 Å². The van der Waals surface area contributed by atoms with E-state index in [1.54, 1.807) is 0 Å². The monoisotopic (exact) mass is 708 g/mol. The molecule has 0 atom stereocenters. The molecule has 4 heteroatoms. The number of fused-ring (bicyclic) bond motifs is 8. The number of hydrogen-bond acceptors (Lipinski definition) is 3. The zero-order valence-corrected chi connectivity index (χ0v) is 30.0. The van der Waals surface area contributed by atoms with Gasteiger partial charge in [0.25, 0.3) is 0 Å². The summed E-state index contributed by atoms with van der Waals surface area (Å²) in [6, 6.07) is 69.6. The van der Waals surface area contributed by atoms with Crippen LogP contribution in [-0.2, 0) is 0 Å². The number of furan rings is 1. The second-order valence-electron chi connectivity index (χ2n) is 13.7. The van der Waals surface area contributed by atoms with Crippen LogP contribution in [0.1, 0.15) is 0 Å². The van der Waals surface area contributed by atoms with Crippen LogP contribution in [0.5, 0.6) is 0 Å². The zero-order chi connectivity index (χ0) is 35.6. The molecule has 3 aromatic heterocycles. The number of para-hydroxylation sites is 3. The zero-order valence-electron chi connectivity index (χ0n) is 29.2. The van der Waals surface area contributed by atoms with Crippen molar-refractivity contribution in [1.82, 2.24) is 4.57 Å². The van der Waals surface area contributed by atoms with Crippen molar-refractivity contribution >= 4 is 81.5 Å². The first-order valence-electron chi connectivity index (χ1n) is 18.3. The molecule has 11 rings (SSSR count). The average molecular weight is 709 g/mol. The van der Waals surface area contributed by atoms with Crippen LogP contribution in [0.25, 0.3) is 81.1 Å². The highest BCUT2D eigenvalue weighted by molar-refractivity contribution is 7.25. The van der Waals surface area contributed by atoms with Gasteiger partial charge in [-0.25, -0.2) is 0 Å². The lowest BCUT2D eigenvalue weighted by atomic mass is 9.99. The molecule has 0 aliphatic carbocycles. The molecule has 0 spiro atoms. The van der Waals surface area contributed by atoms with E-state index in [9.17, 15) is 0 Å². The Kier molecular flexibility index (Phi) is 7.04. The van der Waals surface area contributed by atoms with Gasteiger partial charge in [-0.05, 0) is 89.5 Å². The van der Waals surface area contributed by atoms with Gasteiger partial charge in [-0.2, -0.15) is 0 Å². The van der Waals surface area contributed by atoms with Crippen LogP contribution >= 0.6 is 11.3 Å². The molecule has 3 heterocycles. The van der Waals surface area contributed by atoms with Gasteiger partial charge in [-0.1, -0.05) is 121 Å². The first-order valence-corrected chi connectivity index (χ1v) is 19.1. The molecule has 0 saturated carbocycles. The Bertz CT molecular complexity index is 3150. The Labute approximate surface area is 316 Å². The van der Waals surface area contributed by atoms with E-state index in [0.717, 1.165) is 61.5 Å². The van der Waals surface area contributed by atoms with Gasteiger partial charge in [0.15, 0.2) is 0 Å². The van der Waals surface area contributed by atoms with E-state index in [0.29, 0.717) is 0 Å². The second-order valence-corrected chi connectivity index (χ2v) is 14.8. The SMILES string of the molecule is c1ccc(-c2ccc(N(c3ccc4sc5ccccc5c4c3)c3ccccc3-c3ccc4oc5c(c4c3)c3ccccc3n5-c3ccccc3)cc2)cc1. The second kappa shape index (κ2) is 12.4. The molecule has 0 aliphatic heterocycles. The molecule has 0 saturated heterocycles. The van der Waals surface area contributed by atoms with Crippen molar-refractivity contribution in [3.63, 3.8) is 0 Å². The lowest BCUT2D eigenvalue weighted by molar-refractivity contribution is 0.645. The first-order chi connectivity index (χ1) is 26.8. The maximum atomic E-state index is 6.70. The van der Waals surface area contributed by atoms with E-state index in [1.807, 2.05) is 11.3 Å². The highest BCUT2D eigenvalue weighted by atomic mass is 32.1. The quantitative estimate of drug-likeness (QED) is 0.171. The van der Waals surface area contributed by atoms with Crippen LogP contribution in [0, 0.1) is 0 Å². The van der Waals surface area contributed by atoms with Crippen molar-refractivity contribution in [2.45, 2.75) is 0 Å². The predicted molar refractivity (Wildman–Crippen MR) is 229 cm³/mol. The van der Waals surface area contributed by atoms with Crippen LogP contribution in [0.2, 0.25) is 0 Å². The summed E-state index contributed by atoms with van der Waals surface area (Å²) < 4.78 is 11.5. The third-order valence-corrected chi connectivity index (χ3v) is 11.8. The Morgan fingerprint density at radius 3 is 1.94 bits per heavy atom. The fourth-order valence-corrected chi connectivity index (χ4v) is 9.21. The maximum absolute atomic E-state index is 6.70. The number of nitrogens with zero attached hydrogens (tertiary/aromatic N) is 2. The van der Waals surface area contributed by atoms with Gasteiger partial charge in [-0.15, -0.1) is 11.3 Å². The van der Waals surface area contributed by atoms with Crippen molar-refractivity contribution in [1.29, 1.82) is 0 Å². The summed E-state index contributed by atoms with van der Waals surface area (Å²) in [5.74, 6) is 0. The van der Waals surface area contributed by atoms with Gasteiger partial charge >= 0.3 is 0 Å². The summed E-state index contributed by atoms with van der Waals surface area (Å²) in [5, 5.41) is 5.97. The summed E-state index contributed by atoms with van der Waals surface area (Å²) in [4.78, 5) is 2.41. The summed E-state index contributed by atoms with van der Waals surface area (Å²) >= 11 is 1.85. The molecule has 3 nitrogen and oxygen atoms in total. The molecule has 0 fully saturated rings. The van der Waals surface area contributed by atoms with Crippen molar-refractivity contribution in [3.05, 3.63) is 194 Å². The minimum Gasteiger partial charge on any atom is -0.439 e. The fourth-order valence-electron chi connectivity index (χ4n) is 8.12. The minimum atomic E-state index is 0.860. The van der Waals surface area contributed by atoms with E-state index in [4.69, 9.17) is 4.42 Å². The summed E-state index contributed by atoms with van der Waals surface area (Å²) in [5.41, 5.74) is 11.9. The van der Waals surface area contributed by atoms with Crippen molar-refractivity contribution in [3.8, 4) is 27.9 Å². The summed E-state index contributed by atoms with van der Waals surface area (Å²) in [6.45, 7) is 0. The van der Waals surface area contributed by atoms with E-state index >= 15 is 0 Å². The summed E-state index contributed by atoms with van der Waals surface area (Å²) in [6.07, 6.45) is 0. The molecule has 11 aromatic rings. The van der Waals surface area contributed by atoms with Crippen molar-refractivity contribution in [2.24, 2.45) is 0 Å². The normalized spacial score (nSPS) is 11.7. The Morgan fingerprint density at radius 1 is 0.444 bits per heavy atom. The highest BCUT2D eigenvalue weighted by Crippen LogP contribution is 2.46. The van der Waals surface area contributed by atoms with Crippen LogP contribution in [0.4, 0.5) is 17.1 Å². The third-order valence-electron chi connectivity index (χ3n) is 10.6. The van der Waals surface area contributed by atoms with Crippen molar-refractivity contribution in [2.75, 3.05) is 4.90 Å². The standard InChI is InChI=1S/C50H32N2OS/c1-3-13-33(14-4-1)34-23-26-37(27-24-34)51(38-28-30-48-42(32-38)40-18-9-12-22-47(40)54-48)44-20-10-7-17-39(44)35-25-29-46-43(31-35)49-41-19-8-11-21-45(41)52(50(49)53-46)36-15-5-2-6-16-36/h1-32H. The molecule has 0 N–H and O–H groups in total. The van der Waals surface area contributed by atoms with Gasteiger partial charge in [-0.3, -0.25) is 4.57 Å². The van der Waals surface area contributed by atoms with Crippen LogP contribution in [0.15, 0.2) is 199 Å². The number of rotatable bonds is 6. The van der Waals surface area contributed by atoms with Crippen LogP contribution in [0.3, 0.4) is 0 Å². The van der Waals surface area contributed by atoms with E-state index in [2.05, 4.69) is 204 Å². The lowest BCUT2D eigenvalue weighted by Gasteiger charge is -2.28. The Morgan fingerprint density at radius 2 is 1.09 bits per heavy atom. The molecular formula is C50H32N2OS. The Hall–Kier alpha value is -6.88. The minimum absolute atomic E-state index is 0.860. The van der Waals surface area contributed by atoms with Gasteiger partial charge < -0.3 is 9.32 Å². The first kappa shape index (κ1) is 30.7. The number of thiophene rings is 1. The third kappa shape index (κ3) is 4.88. The molecule has 8 aromatic carbocycles. The van der Waals surface area contributed by atoms with E-state index < -0.39 is 0 Å². The number of anilines is 3. The van der Waals surface area contributed by atoms with E-state index in [1.165, 1.54) is 36.7 Å².